The molecule has 2 N–H and O–H groups in total. The topological polar surface area (TPSA) is 120 Å². The lowest BCUT2D eigenvalue weighted by molar-refractivity contribution is -0.150. The highest BCUT2D eigenvalue weighted by Crippen LogP contribution is 2.60. The van der Waals surface area contributed by atoms with Crippen molar-refractivity contribution in [3.8, 4) is 5.75 Å². The molecule has 0 aromatic heterocycles. The highest BCUT2D eigenvalue weighted by atomic mass is 28.4. The van der Waals surface area contributed by atoms with Gasteiger partial charge in [0.25, 0.3) is 5.91 Å². The van der Waals surface area contributed by atoms with Crippen LogP contribution < -0.4 is 14.5 Å². The summed E-state index contributed by atoms with van der Waals surface area (Å²) in [7, 11) is -1.38. The standard InChI is InChI=1S/C33H43N3O7Si/c1-21-31(44(3,4)41)28(18-30(39)35-14-6-10-24(35)20-37)43-33(21)26-17-25(42-2)12-13-27(26)36(32(33)40)19-22-8-5-9-23(16-22)34-15-7-11-29(34)38/h5,8-9,12-13,16-17,21,24,28,31,37,41H,6-7,10-11,14-15,18-20H2,1-4H3/t21-,24-,28+,31-,33+/m0/s1. The number of fused-ring (bicyclic) bond motifs is 2. The van der Waals surface area contributed by atoms with Gasteiger partial charge in [-0.2, -0.15) is 0 Å². The van der Waals surface area contributed by atoms with Crippen molar-refractivity contribution in [2.75, 3.05) is 36.6 Å². The smallest absolute Gasteiger partial charge is 0.264 e. The lowest BCUT2D eigenvalue weighted by Crippen LogP contribution is -2.46. The number of ether oxygens (including phenoxy) is 2. The summed E-state index contributed by atoms with van der Waals surface area (Å²) in [5.74, 6) is -0.0896. The van der Waals surface area contributed by atoms with E-state index in [1.54, 1.807) is 21.8 Å². The number of carbonyl (C=O) groups excluding carboxylic acids is 3. The third-order valence-electron chi connectivity index (χ3n) is 10.1. The van der Waals surface area contributed by atoms with Gasteiger partial charge in [0.1, 0.15) is 5.75 Å². The number of hydrogen-bond donors (Lipinski definition) is 2. The molecule has 4 aliphatic heterocycles. The molecule has 1 spiro atoms. The average molecular weight is 622 g/mol. The van der Waals surface area contributed by atoms with E-state index in [9.17, 15) is 24.3 Å². The first-order chi connectivity index (χ1) is 21.0. The van der Waals surface area contributed by atoms with E-state index >= 15 is 0 Å². The Labute approximate surface area is 259 Å². The van der Waals surface area contributed by atoms with Crippen LogP contribution in [-0.2, 0) is 31.3 Å². The van der Waals surface area contributed by atoms with E-state index in [1.165, 1.54) is 0 Å². The predicted molar refractivity (Wildman–Crippen MR) is 168 cm³/mol. The van der Waals surface area contributed by atoms with Crippen molar-refractivity contribution in [2.24, 2.45) is 5.92 Å². The van der Waals surface area contributed by atoms with Gasteiger partial charge >= 0.3 is 0 Å². The molecule has 44 heavy (non-hydrogen) atoms. The Hall–Kier alpha value is -3.25. The van der Waals surface area contributed by atoms with Crippen molar-refractivity contribution in [1.82, 2.24) is 4.90 Å². The molecule has 4 heterocycles. The van der Waals surface area contributed by atoms with E-state index in [-0.39, 0.29) is 43.3 Å². The van der Waals surface area contributed by atoms with E-state index in [0.717, 1.165) is 30.5 Å². The molecule has 2 aromatic rings. The van der Waals surface area contributed by atoms with Crippen LogP contribution in [0.3, 0.4) is 0 Å². The van der Waals surface area contributed by atoms with Crippen molar-refractivity contribution >= 4 is 37.4 Å². The van der Waals surface area contributed by atoms with Gasteiger partial charge in [-0.1, -0.05) is 19.1 Å². The highest BCUT2D eigenvalue weighted by Gasteiger charge is 2.66. The average Bonchev–Trinajstić information content (AvgIpc) is 3.76. The Morgan fingerprint density at radius 3 is 2.61 bits per heavy atom. The number of rotatable bonds is 8. The second-order valence-corrected chi connectivity index (χ2v) is 17.2. The summed E-state index contributed by atoms with van der Waals surface area (Å²) in [5.41, 5.74) is 1.28. The normalized spacial score (nSPS) is 28.5. The van der Waals surface area contributed by atoms with Crippen LogP contribution in [0.1, 0.15) is 50.2 Å². The quantitative estimate of drug-likeness (QED) is 0.433. The van der Waals surface area contributed by atoms with Crippen molar-refractivity contribution in [3.63, 3.8) is 0 Å². The number of nitrogens with zero attached hydrogens (tertiary/aromatic N) is 3. The van der Waals surface area contributed by atoms with Gasteiger partial charge in [0.05, 0.1) is 44.5 Å². The van der Waals surface area contributed by atoms with E-state index in [1.807, 2.05) is 62.5 Å². The summed E-state index contributed by atoms with van der Waals surface area (Å²) in [4.78, 5) is 57.6. The van der Waals surface area contributed by atoms with Crippen LogP contribution in [0.5, 0.6) is 5.75 Å². The molecule has 0 unspecified atom stereocenters. The molecule has 11 heteroatoms. The number of aliphatic hydroxyl groups excluding tert-OH is 1. The summed E-state index contributed by atoms with van der Waals surface area (Å²) in [6.45, 7) is 7.08. The number of hydrogen-bond acceptors (Lipinski definition) is 7. The van der Waals surface area contributed by atoms with Crippen LogP contribution in [0.4, 0.5) is 11.4 Å². The first kappa shape index (κ1) is 30.8. The fraction of sp³-hybridized carbons (Fsp3) is 0.545. The van der Waals surface area contributed by atoms with Crippen LogP contribution in [0.15, 0.2) is 42.5 Å². The molecule has 0 bridgehead atoms. The highest BCUT2D eigenvalue weighted by molar-refractivity contribution is 6.71. The number of anilines is 2. The summed E-state index contributed by atoms with van der Waals surface area (Å²) >= 11 is 0. The molecular formula is C33H43N3O7Si. The molecular weight excluding hydrogens is 578 g/mol. The largest absolute Gasteiger partial charge is 0.497 e. The second-order valence-electron chi connectivity index (χ2n) is 13.2. The number of methoxy groups -OCH3 is 1. The molecule has 0 saturated carbocycles. The maximum absolute atomic E-state index is 14.8. The summed E-state index contributed by atoms with van der Waals surface area (Å²) in [6, 6.07) is 13.1. The zero-order valence-electron chi connectivity index (χ0n) is 26.0. The Morgan fingerprint density at radius 1 is 1.14 bits per heavy atom. The van der Waals surface area contributed by atoms with Crippen LogP contribution in [0.25, 0.3) is 0 Å². The van der Waals surface area contributed by atoms with E-state index in [0.29, 0.717) is 36.5 Å². The molecule has 0 radical (unpaired) electrons. The zero-order chi connectivity index (χ0) is 31.4. The molecule has 5 atom stereocenters. The molecule has 0 aliphatic carbocycles. The third-order valence-corrected chi connectivity index (χ3v) is 12.6. The van der Waals surface area contributed by atoms with E-state index in [4.69, 9.17) is 9.47 Å². The van der Waals surface area contributed by atoms with Crippen LogP contribution >= 0.6 is 0 Å². The molecule has 3 amide bonds. The zero-order valence-corrected chi connectivity index (χ0v) is 27.0. The number of amides is 3. The Balaban J connectivity index is 1.37. The molecule has 4 aliphatic rings. The van der Waals surface area contributed by atoms with Gasteiger partial charge in [-0.05, 0) is 68.3 Å². The molecule has 6 rings (SSSR count). The van der Waals surface area contributed by atoms with Crippen LogP contribution in [0, 0.1) is 5.92 Å². The number of likely N-dealkylation sites (tertiary alicyclic amines) is 1. The van der Waals surface area contributed by atoms with Gasteiger partial charge in [-0.15, -0.1) is 0 Å². The molecule has 10 nitrogen and oxygen atoms in total. The molecule has 3 saturated heterocycles. The Kier molecular flexibility index (Phi) is 8.10. The minimum Gasteiger partial charge on any atom is -0.497 e. The maximum Gasteiger partial charge on any atom is 0.264 e. The summed E-state index contributed by atoms with van der Waals surface area (Å²) in [6.07, 6.45) is 2.31. The number of carbonyl (C=O) groups is 3. The van der Waals surface area contributed by atoms with Crippen LogP contribution in [0.2, 0.25) is 18.6 Å². The van der Waals surface area contributed by atoms with Crippen molar-refractivity contribution in [2.45, 2.75) is 82.0 Å². The first-order valence-electron chi connectivity index (χ1n) is 15.7. The fourth-order valence-electron chi connectivity index (χ4n) is 8.11. The van der Waals surface area contributed by atoms with Crippen molar-refractivity contribution < 1.29 is 33.8 Å². The summed E-state index contributed by atoms with van der Waals surface area (Å²) < 4.78 is 12.4. The van der Waals surface area contributed by atoms with Gasteiger partial charge in [0.15, 0.2) is 13.9 Å². The van der Waals surface area contributed by atoms with E-state index in [2.05, 4.69) is 0 Å². The monoisotopic (exact) mass is 621 g/mol. The second kappa shape index (κ2) is 11.6. The predicted octanol–water partition coefficient (Wildman–Crippen LogP) is 3.54. The van der Waals surface area contributed by atoms with Gasteiger partial charge in [0, 0.05) is 42.2 Å². The SMILES string of the molecule is COc1ccc2c(c1)[C@@]1(O[C@H](CC(=O)N3CCC[C@H]3CO)[C@@H]([Si](C)(C)O)[C@@H]1C)C(=O)N2Cc1cccc(N2CCCC2=O)c1. The summed E-state index contributed by atoms with van der Waals surface area (Å²) in [5, 5.41) is 9.83. The van der Waals surface area contributed by atoms with Crippen molar-refractivity contribution in [3.05, 3.63) is 53.6 Å². The number of benzene rings is 2. The third kappa shape index (κ3) is 5.03. The Bertz CT molecular complexity index is 1460. The Morgan fingerprint density at radius 2 is 1.93 bits per heavy atom. The maximum atomic E-state index is 14.8. The lowest BCUT2D eigenvalue weighted by Gasteiger charge is -2.33. The minimum atomic E-state index is -2.96. The lowest BCUT2D eigenvalue weighted by atomic mass is 9.82. The van der Waals surface area contributed by atoms with Crippen LogP contribution in [-0.4, -0.2) is 79.8 Å². The van der Waals surface area contributed by atoms with Gasteiger partial charge in [-0.3, -0.25) is 14.4 Å². The number of aliphatic hydroxyl groups is 1. The first-order valence-corrected chi connectivity index (χ1v) is 18.7. The van der Waals surface area contributed by atoms with Gasteiger partial charge < -0.3 is 34.1 Å². The fourth-order valence-corrected chi connectivity index (χ4v) is 10.7. The molecule has 236 valence electrons. The molecule has 3 fully saturated rings. The van der Waals surface area contributed by atoms with Gasteiger partial charge in [0.2, 0.25) is 11.8 Å². The van der Waals surface area contributed by atoms with E-state index < -0.39 is 31.5 Å². The van der Waals surface area contributed by atoms with Gasteiger partial charge in [-0.25, -0.2) is 0 Å². The molecule has 2 aromatic carbocycles. The van der Waals surface area contributed by atoms with Crippen molar-refractivity contribution in [1.29, 1.82) is 0 Å². The minimum absolute atomic E-state index is 0.0305.